The van der Waals surface area contributed by atoms with Gasteiger partial charge in [-0.25, -0.2) is 0 Å². The van der Waals surface area contributed by atoms with Crippen LogP contribution in [0.1, 0.15) is 50.2 Å². The number of allylic oxidation sites excluding steroid dienone is 2. The highest BCUT2D eigenvalue weighted by Gasteiger charge is 2.19. The summed E-state index contributed by atoms with van der Waals surface area (Å²) in [5.74, 6) is 0.567. The van der Waals surface area contributed by atoms with Crippen molar-refractivity contribution in [3.05, 3.63) is 47.5 Å². The van der Waals surface area contributed by atoms with Crippen LogP contribution in [-0.4, -0.2) is 6.10 Å². The fourth-order valence-corrected chi connectivity index (χ4v) is 2.93. The Morgan fingerprint density at radius 1 is 1.14 bits per heavy atom. The molecule has 0 atom stereocenters. The molecule has 1 aliphatic carbocycles. The largest absolute Gasteiger partial charge is 0.374 e. The maximum atomic E-state index is 8.55. The first-order chi connectivity index (χ1) is 10.3. The highest BCUT2D eigenvalue weighted by atomic mass is 16.5. The molecule has 0 aliphatic heterocycles. The Bertz CT molecular complexity index is 475. The van der Waals surface area contributed by atoms with Crippen LogP contribution in [0.2, 0.25) is 0 Å². The number of benzene rings is 1. The second-order valence-electron chi connectivity index (χ2n) is 5.90. The predicted octanol–water partition coefficient (Wildman–Crippen LogP) is 4.79. The lowest BCUT2D eigenvalue weighted by molar-refractivity contribution is 0.0110. The van der Waals surface area contributed by atoms with Gasteiger partial charge >= 0.3 is 0 Å². The fraction of sp³-hybridized carbons (Fsp3) is 0.526. The summed E-state index contributed by atoms with van der Waals surface area (Å²) in [5.41, 5.74) is 2.67. The Morgan fingerprint density at radius 3 is 2.43 bits per heavy atom. The molecule has 1 saturated carbocycles. The average molecular weight is 283 g/mol. The van der Waals surface area contributed by atoms with Gasteiger partial charge in [0.15, 0.2) is 0 Å². The smallest absolute Gasteiger partial charge is 0.0908 e. The molecule has 0 aromatic heterocycles. The van der Waals surface area contributed by atoms with E-state index in [-0.39, 0.29) is 0 Å². The minimum absolute atomic E-state index is 0.382. The number of ether oxygens (including phenoxy) is 1. The van der Waals surface area contributed by atoms with Crippen molar-refractivity contribution in [2.24, 2.45) is 5.92 Å². The van der Waals surface area contributed by atoms with Crippen molar-refractivity contribution in [3.8, 4) is 6.07 Å². The maximum Gasteiger partial charge on any atom is 0.0908 e. The third kappa shape index (κ3) is 5.36. The van der Waals surface area contributed by atoms with E-state index in [0.29, 0.717) is 12.0 Å². The van der Waals surface area contributed by atoms with Gasteiger partial charge in [0.05, 0.1) is 18.8 Å². The minimum Gasteiger partial charge on any atom is -0.374 e. The molecule has 2 nitrogen and oxygen atoms in total. The van der Waals surface area contributed by atoms with E-state index in [1.54, 1.807) is 6.08 Å². The summed E-state index contributed by atoms with van der Waals surface area (Å²) in [7, 11) is 0. The third-order valence-corrected chi connectivity index (χ3v) is 4.21. The second-order valence-corrected chi connectivity index (χ2v) is 5.90. The third-order valence-electron chi connectivity index (χ3n) is 4.21. The lowest BCUT2D eigenvalue weighted by Gasteiger charge is -2.26. The van der Waals surface area contributed by atoms with Crippen molar-refractivity contribution < 1.29 is 4.74 Å². The molecule has 0 unspecified atom stereocenters. The van der Waals surface area contributed by atoms with Crippen molar-refractivity contribution in [2.45, 2.75) is 58.2 Å². The molecule has 1 aromatic carbocycles. The van der Waals surface area contributed by atoms with Gasteiger partial charge in [0, 0.05) is 6.08 Å². The number of hydrogen-bond acceptors (Lipinski definition) is 2. The van der Waals surface area contributed by atoms with E-state index in [0.717, 1.165) is 38.7 Å². The standard InChI is InChI=1S/C19H25NO/c1-2-4-16-6-8-18(9-7-16)15-21-19-12-10-17(11-13-19)5-3-14-20/h3,5-9,17,19H,2,4,10-13,15H2,1H3. The van der Waals surface area contributed by atoms with Crippen LogP contribution >= 0.6 is 0 Å². The number of nitrogens with zero attached hydrogens (tertiary/aromatic N) is 1. The Morgan fingerprint density at radius 2 is 1.81 bits per heavy atom. The van der Waals surface area contributed by atoms with Crippen LogP contribution in [0.3, 0.4) is 0 Å². The van der Waals surface area contributed by atoms with Crippen molar-refractivity contribution in [3.63, 3.8) is 0 Å². The zero-order chi connectivity index (χ0) is 14.9. The van der Waals surface area contributed by atoms with Crippen LogP contribution in [0.5, 0.6) is 0 Å². The molecule has 1 fully saturated rings. The van der Waals surface area contributed by atoms with Gasteiger partial charge in [0.25, 0.3) is 0 Å². The van der Waals surface area contributed by atoms with Crippen molar-refractivity contribution >= 4 is 0 Å². The summed E-state index contributed by atoms with van der Waals surface area (Å²) in [6, 6.07) is 10.9. The van der Waals surface area contributed by atoms with Crippen LogP contribution in [0.15, 0.2) is 36.4 Å². The van der Waals surface area contributed by atoms with Gasteiger partial charge in [-0.3, -0.25) is 0 Å². The average Bonchev–Trinajstić information content (AvgIpc) is 2.53. The highest BCUT2D eigenvalue weighted by Crippen LogP contribution is 2.27. The van der Waals surface area contributed by atoms with Crippen molar-refractivity contribution in [2.75, 3.05) is 0 Å². The monoisotopic (exact) mass is 283 g/mol. The van der Waals surface area contributed by atoms with E-state index in [4.69, 9.17) is 10.00 Å². The molecule has 112 valence electrons. The first-order valence-electron chi connectivity index (χ1n) is 8.07. The SMILES string of the molecule is CCCc1ccc(COC2CCC(C=CC#N)CC2)cc1. The molecule has 1 aromatic rings. The zero-order valence-corrected chi connectivity index (χ0v) is 12.9. The molecular weight excluding hydrogens is 258 g/mol. The molecule has 1 aliphatic rings. The molecule has 2 rings (SSSR count). The van der Waals surface area contributed by atoms with Gasteiger partial charge in [-0.15, -0.1) is 0 Å². The predicted molar refractivity (Wildman–Crippen MR) is 85.7 cm³/mol. The lowest BCUT2D eigenvalue weighted by atomic mass is 9.87. The molecule has 21 heavy (non-hydrogen) atoms. The molecule has 0 spiro atoms. The van der Waals surface area contributed by atoms with Crippen LogP contribution in [0.4, 0.5) is 0 Å². The molecule has 2 heteroatoms. The van der Waals surface area contributed by atoms with Crippen LogP contribution < -0.4 is 0 Å². The maximum absolute atomic E-state index is 8.55. The van der Waals surface area contributed by atoms with E-state index in [2.05, 4.69) is 37.3 Å². The first kappa shape index (κ1) is 15.8. The molecule has 0 saturated heterocycles. The van der Waals surface area contributed by atoms with E-state index in [1.165, 1.54) is 17.5 Å². The molecule has 0 radical (unpaired) electrons. The van der Waals surface area contributed by atoms with Crippen molar-refractivity contribution in [1.82, 2.24) is 0 Å². The van der Waals surface area contributed by atoms with Gasteiger partial charge in [0.2, 0.25) is 0 Å². The molecule has 0 amide bonds. The number of aryl methyl sites for hydroxylation is 1. The summed E-state index contributed by atoms with van der Waals surface area (Å²) >= 11 is 0. The van der Waals surface area contributed by atoms with Gasteiger partial charge < -0.3 is 4.74 Å². The van der Waals surface area contributed by atoms with E-state index in [1.807, 2.05) is 6.08 Å². The Balaban J connectivity index is 1.72. The van der Waals surface area contributed by atoms with Gasteiger partial charge in [-0.1, -0.05) is 43.7 Å². The highest BCUT2D eigenvalue weighted by molar-refractivity contribution is 5.22. The fourth-order valence-electron chi connectivity index (χ4n) is 2.93. The van der Waals surface area contributed by atoms with Gasteiger partial charge in [-0.05, 0) is 49.1 Å². The molecular formula is C19H25NO. The first-order valence-corrected chi connectivity index (χ1v) is 8.07. The van der Waals surface area contributed by atoms with Gasteiger partial charge in [-0.2, -0.15) is 5.26 Å². The topological polar surface area (TPSA) is 33.0 Å². The van der Waals surface area contributed by atoms with Gasteiger partial charge in [0.1, 0.15) is 0 Å². The van der Waals surface area contributed by atoms with E-state index >= 15 is 0 Å². The molecule has 0 N–H and O–H groups in total. The number of nitriles is 1. The number of rotatable bonds is 6. The quantitative estimate of drug-likeness (QED) is 0.703. The summed E-state index contributed by atoms with van der Waals surface area (Å²) in [6.45, 7) is 2.93. The Kier molecular flexibility index (Phi) is 6.50. The van der Waals surface area contributed by atoms with Crippen LogP contribution in [0, 0.1) is 17.2 Å². The second kappa shape index (κ2) is 8.64. The Hall–Kier alpha value is -1.59. The van der Waals surface area contributed by atoms with E-state index < -0.39 is 0 Å². The molecule has 0 heterocycles. The summed E-state index contributed by atoms with van der Waals surface area (Å²) in [4.78, 5) is 0. The summed E-state index contributed by atoms with van der Waals surface area (Å²) in [5, 5.41) is 8.55. The number of hydrogen-bond donors (Lipinski definition) is 0. The normalized spacial score (nSPS) is 22.3. The minimum atomic E-state index is 0.382. The van der Waals surface area contributed by atoms with E-state index in [9.17, 15) is 0 Å². The lowest BCUT2D eigenvalue weighted by Crippen LogP contribution is -2.20. The molecule has 0 bridgehead atoms. The summed E-state index contributed by atoms with van der Waals surface area (Å²) < 4.78 is 6.03. The van der Waals surface area contributed by atoms with Crippen LogP contribution in [0.25, 0.3) is 0 Å². The zero-order valence-electron chi connectivity index (χ0n) is 12.9. The summed E-state index contributed by atoms with van der Waals surface area (Å²) in [6.07, 6.45) is 10.9. The van der Waals surface area contributed by atoms with Crippen molar-refractivity contribution in [1.29, 1.82) is 5.26 Å². The Labute approximate surface area is 128 Å². The van der Waals surface area contributed by atoms with Crippen LogP contribution in [-0.2, 0) is 17.8 Å².